The zero-order chi connectivity index (χ0) is 17.3. The molecule has 24 heavy (non-hydrogen) atoms. The van der Waals surface area contributed by atoms with Crippen LogP contribution in [0.1, 0.15) is 109 Å². The van der Waals surface area contributed by atoms with Crippen molar-refractivity contribution in [3.8, 4) is 0 Å². The van der Waals surface area contributed by atoms with Gasteiger partial charge in [0.15, 0.2) is 12.4 Å². The number of aryl methyl sites for hydroxylation is 2. The Balaban J connectivity index is 2.02. The summed E-state index contributed by atoms with van der Waals surface area (Å²) in [4.78, 5) is 0. The molecule has 1 aromatic rings. The maximum Gasteiger partial charge on any atom is 0.169 e. The van der Waals surface area contributed by atoms with Gasteiger partial charge in [0, 0.05) is 18.6 Å². The third-order valence-electron chi connectivity index (χ3n) is 5.05. The zero-order valence-electron chi connectivity index (χ0n) is 16.6. The smallest absolute Gasteiger partial charge is 0.169 e. The molecule has 0 aromatic carbocycles. The molecular formula is C23H42N+. The van der Waals surface area contributed by atoms with Crippen molar-refractivity contribution in [1.82, 2.24) is 0 Å². The highest BCUT2D eigenvalue weighted by atomic mass is 14.9. The summed E-state index contributed by atoms with van der Waals surface area (Å²) in [6, 6.07) is 4.66. The fraction of sp³-hybridized carbons (Fsp3) is 0.783. The Kier molecular flexibility index (Phi) is 13.8. The maximum atomic E-state index is 2.36. The van der Waals surface area contributed by atoms with Crippen LogP contribution in [0.15, 0.2) is 24.5 Å². The topological polar surface area (TPSA) is 3.88 Å². The van der Waals surface area contributed by atoms with Gasteiger partial charge in [-0.2, -0.15) is 0 Å². The lowest BCUT2D eigenvalue weighted by molar-refractivity contribution is -0.697. The van der Waals surface area contributed by atoms with E-state index in [2.05, 4.69) is 42.9 Å². The van der Waals surface area contributed by atoms with Crippen LogP contribution < -0.4 is 4.57 Å². The van der Waals surface area contributed by atoms with Crippen LogP contribution in [0.3, 0.4) is 0 Å². The number of pyridine rings is 1. The molecule has 0 bridgehead atoms. The lowest BCUT2D eigenvalue weighted by atomic mass is 10.1. The third kappa shape index (κ3) is 11.6. The predicted octanol–water partition coefficient (Wildman–Crippen LogP) is 7.02. The summed E-state index contributed by atoms with van der Waals surface area (Å²) < 4.78 is 2.36. The van der Waals surface area contributed by atoms with Gasteiger partial charge in [-0.05, 0) is 24.8 Å². The first-order valence-corrected chi connectivity index (χ1v) is 10.8. The molecule has 0 aliphatic rings. The molecule has 0 saturated carbocycles. The average Bonchev–Trinajstić information content (AvgIpc) is 2.61. The minimum absolute atomic E-state index is 1.19. The van der Waals surface area contributed by atoms with E-state index < -0.39 is 0 Å². The minimum Gasteiger partial charge on any atom is -0.205 e. The van der Waals surface area contributed by atoms with Crippen LogP contribution in [-0.4, -0.2) is 0 Å². The summed E-state index contributed by atoms with van der Waals surface area (Å²) in [6.45, 7) is 5.76. The van der Waals surface area contributed by atoms with Crippen LogP contribution in [0.5, 0.6) is 0 Å². The van der Waals surface area contributed by atoms with Crippen molar-refractivity contribution in [2.75, 3.05) is 0 Å². The van der Waals surface area contributed by atoms with Gasteiger partial charge >= 0.3 is 0 Å². The zero-order valence-corrected chi connectivity index (χ0v) is 16.6. The first-order valence-electron chi connectivity index (χ1n) is 10.8. The summed E-state index contributed by atoms with van der Waals surface area (Å²) in [5.74, 6) is 0. The van der Waals surface area contributed by atoms with Crippen molar-refractivity contribution < 1.29 is 4.57 Å². The van der Waals surface area contributed by atoms with Gasteiger partial charge in [0.1, 0.15) is 6.54 Å². The highest BCUT2D eigenvalue weighted by molar-refractivity contribution is 5.07. The van der Waals surface area contributed by atoms with Crippen molar-refractivity contribution in [1.29, 1.82) is 0 Å². The molecule has 1 heterocycles. The largest absolute Gasteiger partial charge is 0.205 e. The second-order valence-electron chi connectivity index (χ2n) is 7.44. The number of rotatable bonds is 16. The number of unbranched alkanes of at least 4 members (excludes halogenated alkanes) is 12. The van der Waals surface area contributed by atoms with E-state index in [1.54, 1.807) is 0 Å². The number of nitrogens with zero attached hydrogens (tertiary/aromatic N) is 1. The van der Waals surface area contributed by atoms with Crippen LogP contribution in [-0.2, 0) is 13.0 Å². The van der Waals surface area contributed by atoms with E-state index in [1.165, 1.54) is 108 Å². The Bertz CT molecular complexity index is 331. The molecule has 0 radical (unpaired) electrons. The van der Waals surface area contributed by atoms with Gasteiger partial charge in [0.25, 0.3) is 0 Å². The highest BCUT2D eigenvalue weighted by Gasteiger charge is 2.01. The molecule has 0 fully saturated rings. The Morgan fingerprint density at radius 3 is 1.58 bits per heavy atom. The molecule has 0 spiro atoms. The van der Waals surface area contributed by atoms with E-state index >= 15 is 0 Å². The minimum atomic E-state index is 1.19. The van der Waals surface area contributed by atoms with Crippen molar-refractivity contribution in [2.24, 2.45) is 0 Å². The standard InChI is InChI=1S/C23H42N/c1-3-5-7-9-11-13-15-17-23-18-21-24(22-19-23)20-16-14-12-10-8-6-4-2/h18-19,21-22H,3-17,20H2,1-2H3/q+1. The van der Waals surface area contributed by atoms with E-state index in [1.807, 2.05) is 0 Å². The van der Waals surface area contributed by atoms with E-state index in [9.17, 15) is 0 Å². The van der Waals surface area contributed by atoms with Gasteiger partial charge < -0.3 is 0 Å². The summed E-state index contributed by atoms with van der Waals surface area (Å²) in [5, 5.41) is 0. The van der Waals surface area contributed by atoms with Gasteiger partial charge in [-0.3, -0.25) is 0 Å². The summed E-state index contributed by atoms with van der Waals surface area (Å²) in [5.41, 5.74) is 1.51. The molecule has 1 rings (SSSR count). The Morgan fingerprint density at radius 2 is 1.04 bits per heavy atom. The quantitative estimate of drug-likeness (QED) is 0.226. The van der Waals surface area contributed by atoms with Crippen LogP contribution >= 0.6 is 0 Å². The van der Waals surface area contributed by atoms with E-state index in [0.717, 1.165) is 0 Å². The van der Waals surface area contributed by atoms with Crippen molar-refractivity contribution in [3.05, 3.63) is 30.1 Å². The van der Waals surface area contributed by atoms with Crippen LogP contribution in [0.2, 0.25) is 0 Å². The fourth-order valence-electron chi connectivity index (χ4n) is 3.34. The molecule has 1 aromatic heterocycles. The van der Waals surface area contributed by atoms with Crippen LogP contribution in [0.4, 0.5) is 0 Å². The fourth-order valence-corrected chi connectivity index (χ4v) is 3.34. The Morgan fingerprint density at radius 1 is 0.583 bits per heavy atom. The summed E-state index contributed by atoms with van der Waals surface area (Å²) in [6.07, 6.45) is 25.4. The molecule has 0 aliphatic heterocycles. The monoisotopic (exact) mass is 332 g/mol. The van der Waals surface area contributed by atoms with E-state index in [0.29, 0.717) is 0 Å². The van der Waals surface area contributed by atoms with E-state index in [4.69, 9.17) is 0 Å². The molecule has 0 aliphatic carbocycles. The first-order chi connectivity index (χ1) is 11.9. The first kappa shape index (κ1) is 21.2. The number of hydrogen-bond donors (Lipinski definition) is 0. The van der Waals surface area contributed by atoms with Gasteiger partial charge in [-0.25, -0.2) is 4.57 Å². The average molecular weight is 333 g/mol. The number of hydrogen-bond acceptors (Lipinski definition) is 0. The normalized spacial score (nSPS) is 11.1. The van der Waals surface area contributed by atoms with Crippen LogP contribution in [0.25, 0.3) is 0 Å². The lowest BCUT2D eigenvalue weighted by Crippen LogP contribution is -2.32. The maximum absolute atomic E-state index is 2.36. The highest BCUT2D eigenvalue weighted by Crippen LogP contribution is 2.10. The van der Waals surface area contributed by atoms with Gasteiger partial charge in [0.2, 0.25) is 0 Å². The van der Waals surface area contributed by atoms with Gasteiger partial charge in [0.05, 0.1) is 0 Å². The third-order valence-corrected chi connectivity index (χ3v) is 5.05. The predicted molar refractivity (Wildman–Crippen MR) is 106 cm³/mol. The van der Waals surface area contributed by atoms with Crippen LogP contribution in [0, 0.1) is 0 Å². The van der Waals surface area contributed by atoms with Gasteiger partial charge in [-0.1, -0.05) is 84.5 Å². The molecule has 1 heteroatoms. The summed E-state index contributed by atoms with van der Waals surface area (Å²) in [7, 11) is 0. The molecule has 0 atom stereocenters. The molecular weight excluding hydrogens is 290 g/mol. The Hall–Kier alpha value is -0.850. The number of aromatic nitrogens is 1. The molecule has 0 unspecified atom stereocenters. The lowest BCUT2D eigenvalue weighted by Gasteiger charge is -2.03. The SMILES string of the molecule is CCCCCCCCCc1cc[n+](CCCCCCCCC)cc1. The molecule has 138 valence electrons. The molecule has 0 N–H and O–H groups in total. The van der Waals surface area contributed by atoms with Crippen molar-refractivity contribution in [3.63, 3.8) is 0 Å². The van der Waals surface area contributed by atoms with Gasteiger partial charge in [-0.15, -0.1) is 0 Å². The molecule has 0 amide bonds. The van der Waals surface area contributed by atoms with E-state index in [-0.39, 0.29) is 0 Å². The second kappa shape index (κ2) is 15.7. The molecule has 0 saturated heterocycles. The second-order valence-corrected chi connectivity index (χ2v) is 7.44. The van der Waals surface area contributed by atoms with Crippen molar-refractivity contribution >= 4 is 0 Å². The van der Waals surface area contributed by atoms with Crippen molar-refractivity contribution in [2.45, 2.75) is 117 Å². The Labute approximate surface area is 151 Å². The summed E-state index contributed by atoms with van der Waals surface area (Å²) >= 11 is 0. The molecule has 1 nitrogen and oxygen atoms in total.